The maximum atomic E-state index is 12.6. The predicted molar refractivity (Wildman–Crippen MR) is 97.9 cm³/mol. The van der Waals surface area contributed by atoms with Crippen LogP contribution in [-0.4, -0.2) is 41.5 Å². The standard InChI is InChI=1S/C18H22ClN3O4/c1-18(2,3)25-17(23)22-4-5-24-10-15(22)12-6-11(7-13(19)8-12)14-9-16(20)26-21-14/h6-9,15H,4-5,10,20H2,1-3H3/t15-/m0/s1. The van der Waals surface area contributed by atoms with Gasteiger partial charge >= 0.3 is 6.09 Å². The largest absolute Gasteiger partial charge is 0.444 e. The highest BCUT2D eigenvalue weighted by Gasteiger charge is 2.32. The minimum atomic E-state index is -0.572. The Bertz CT molecular complexity index is 800. The van der Waals surface area contributed by atoms with Crippen molar-refractivity contribution < 1.29 is 18.8 Å². The van der Waals surface area contributed by atoms with Gasteiger partial charge in [-0.1, -0.05) is 16.8 Å². The monoisotopic (exact) mass is 379 g/mol. The molecule has 1 aliphatic heterocycles. The zero-order valence-electron chi connectivity index (χ0n) is 15.0. The van der Waals surface area contributed by atoms with Gasteiger partial charge in [0.15, 0.2) is 0 Å². The lowest BCUT2D eigenvalue weighted by molar-refractivity contribution is -0.0331. The second kappa shape index (κ2) is 7.17. The average molecular weight is 380 g/mol. The Hall–Kier alpha value is -2.25. The second-order valence-electron chi connectivity index (χ2n) is 7.15. The molecule has 0 bridgehead atoms. The van der Waals surface area contributed by atoms with Crippen molar-refractivity contribution >= 4 is 23.6 Å². The smallest absolute Gasteiger partial charge is 0.410 e. The van der Waals surface area contributed by atoms with E-state index < -0.39 is 5.60 Å². The molecule has 0 saturated carbocycles. The summed E-state index contributed by atoms with van der Waals surface area (Å²) in [5.74, 6) is 0.220. The third kappa shape index (κ3) is 4.28. The lowest BCUT2D eigenvalue weighted by Crippen LogP contribution is -2.45. The van der Waals surface area contributed by atoms with Gasteiger partial charge in [0.2, 0.25) is 5.88 Å². The van der Waals surface area contributed by atoms with Crippen LogP contribution in [-0.2, 0) is 9.47 Å². The molecule has 0 aliphatic carbocycles. The molecular formula is C18H22ClN3O4. The Labute approximate surface area is 157 Å². The lowest BCUT2D eigenvalue weighted by Gasteiger charge is -2.37. The SMILES string of the molecule is CC(C)(C)OC(=O)N1CCOC[C@H]1c1cc(Cl)cc(-c2cc(N)on2)c1. The van der Waals surface area contributed by atoms with Crippen LogP contribution in [0.4, 0.5) is 10.7 Å². The molecule has 1 fully saturated rings. The Balaban J connectivity index is 1.92. The molecule has 0 unspecified atom stereocenters. The number of carbonyl (C=O) groups is 1. The van der Waals surface area contributed by atoms with Gasteiger partial charge in [0.05, 0.1) is 19.3 Å². The summed E-state index contributed by atoms with van der Waals surface area (Å²) >= 11 is 6.29. The quantitative estimate of drug-likeness (QED) is 0.851. The molecule has 140 valence electrons. The fourth-order valence-corrected chi connectivity index (χ4v) is 3.04. The van der Waals surface area contributed by atoms with Crippen LogP contribution >= 0.6 is 11.6 Å². The molecule has 2 aromatic rings. The van der Waals surface area contributed by atoms with Crippen molar-refractivity contribution in [2.75, 3.05) is 25.5 Å². The number of nitrogens with zero attached hydrogens (tertiary/aromatic N) is 2. The first kappa shape index (κ1) is 18.5. The van der Waals surface area contributed by atoms with Crippen molar-refractivity contribution in [3.8, 4) is 11.3 Å². The van der Waals surface area contributed by atoms with Gasteiger partial charge in [0, 0.05) is 23.2 Å². The van der Waals surface area contributed by atoms with E-state index in [-0.39, 0.29) is 18.0 Å². The third-order valence-corrected chi connectivity index (χ3v) is 4.10. The van der Waals surface area contributed by atoms with E-state index in [4.69, 9.17) is 31.3 Å². The summed E-state index contributed by atoms with van der Waals surface area (Å²) in [6.45, 7) is 6.79. The Kier molecular flexibility index (Phi) is 5.11. The molecule has 8 heteroatoms. The molecule has 1 amide bonds. The van der Waals surface area contributed by atoms with Crippen LogP contribution in [0.15, 0.2) is 28.8 Å². The fraction of sp³-hybridized carbons (Fsp3) is 0.444. The highest BCUT2D eigenvalue weighted by atomic mass is 35.5. The molecule has 1 aromatic carbocycles. The van der Waals surface area contributed by atoms with E-state index in [0.29, 0.717) is 30.5 Å². The summed E-state index contributed by atoms with van der Waals surface area (Å²) in [6.07, 6.45) is -0.377. The topological polar surface area (TPSA) is 90.8 Å². The number of anilines is 1. The lowest BCUT2D eigenvalue weighted by atomic mass is 10.0. The summed E-state index contributed by atoms with van der Waals surface area (Å²) in [5, 5.41) is 4.44. The fourth-order valence-electron chi connectivity index (χ4n) is 2.80. The van der Waals surface area contributed by atoms with E-state index in [9.17, 15) is 4.79 Å². The van der Waals surface area contributed by atoms with Gasteiger partial charge < -0.3 is 19.7 Å². The maximum absolute atomic E-state index is 12.6. The van der Waals surface area contributed by atoms with E-state index in [1.54, 1.807) is 17.0 Å². The Morgan fingerprint density at radius 1 is 1.35 bits per heavy atom. The summed E-state index contributed by atoms with van der Waals surface area (Å²) in [6, 6.07) is 6.80. The maximum Gasteiger partial charge on any atom is 0.410 e. The van der Waals surface area contributed by atoms with Gasteiger partial charge in [-0.15, -0.1) is 0 Å². The molecule has 2 heterocycles. The van der Waals surface area contributed by atoms with Crippen LogP contribution in [0.2, 0.25) is 5.02 Å². The molecule has 2 N–H and O–H groups in total. The van der Waals surface area contributed by atoms with Crippen LogP contribution in [0.5, 0.6) is 0 Å². The number of halogens is 1. The van der Waals surface area contributed by atoms with Crippen LogP contribution in [0.3, 0.4) is 0 Å². The molecule has 0 radical (unpaired) electrons. The number of nitrogens with two attached hydrogens (primary N) is 1. The number of benzene rings is 1. The van der Waals surface area contributed by atoms with E-state index in [2.05, 4.69) is 5.16 Å². The molecule has 1 aromatic heterocycles. The van der Waals surface area contributed by atoms with Crippen LogP contribution in [0.1, 0.15) is 32.4 Å². The first-order valence-electron chi connectivity index (χ1n) is 8.33. The van der Waals surface area contributed by atoms with Crippen LogP contribution < -0.4 is 5.73 Å². The number of hydrogen-bond donors (Lipinski definition) is 1. The highest BCUT2D eigenvalue weighted by Crippen LogP contribution is 2.32. The molecule has 0 spiro atoms. The van der Waals surface area contributed by atoms with E-state index in [1.165, 1.54) is 0 Å². The minimum absolute atomic E-state index is 0.220. The van der Waals surface area contributed by atoms with E-state index in [1.807, 2.05) is 32.9 Å². The number of nitrogen functional groups attached to an aromatic ring is 1. The van der Waals surface area contributed by atoms with Gasteiger partial charge in [-0.05, 0) is 44.5 Å². The molecule has 1 saturated heterocycles. The molecule has 26 heavy (non-hydrogen) atoms. The summed E-state index contributed by atoms with van der Waals surface area (Å²) in [4.78, 5) is 14.3. The highest BCUT2D eigenvalue weighted by molar-refractivity contribution is 6.31. The van der Waals surface area contributed by atoms with Crippen LogP contribution in [0.25, 0.3) is 11.3 Å². The van der Waals surface area contributed by atoms with Gasteiger partial charge in [-0.3, -0.25) is 4.90 Å². The molecular weight excluding hydrogens is 358 g/mol. The second-order valence-corrected chi connectivity index (χ2v) is 7.59. The molecule has 1 aliphatic rings. The van der Waals surface area contributed by atoms with Gasteiger partial charge in [-0.2, -0.15) is 0 Å². The Morgan fingerprint density at radius 2 is 2.12 bits per heavy atom. The number of carbonyl (C=O) groups excluding carboxylic acids is 1. The summed E-state index contributed by atoms with van der Waals surface area (Å²) < 4.78 is 16.1. The first-order chi connectivity index (χ1) is 12.2. The van der Waals surface area contributed by atoms with Crippen molar-refractivity contribution in [2.24, 2.45) is 0 Å². The number of aromatic nitrogens is 1. The van der Waals surface area contributed by atoms with E-state index >= 15 is 0 Å². The normalized spacial score (nSPS) is 18.0. The van der Waals surface area contributed by atoms with Crippen molar-refractivity contribution in [3.63, 3.8) is 0 Å². The van der Waals surface area contributed by atoms with E-state index in [0.717, 1.165) is 11.1 Å². The summed E-state index contributed by atoms with van der Waals surface area (Å²) in [7, 11) is 0. The van der Waals surface area contributed by atoms with Crippen molar-refractivity contribution in [1.82, 2.24) is 10.1 Å². The van der Waals surface area contributed by atoms with Gasteiger partial charge in [-0.25, -0.2) is 4.79 Å². The number of amides is 1. The first-order valence-corrected chi connectivity index (χ1v) is 8.71. The average Bonchev–Trinajstić information content (AvgIpc) is 2.99. The van der Waals surface area contributed by atoms with Crippen molar-refractivity contribution in [1.29, 1.82) is 0 Å². The molecule has 3 rings (SSSR count). The number of hydrogen-bond acceptors (Lipinski definition) is 6. The third-order valence-electron chi connectivity index (χ3n) is 3.89. The van der Waals surface area contributed by atoms with Crippen LogP contribution in [0, 0.1) is 0 Å². The van der Waals surface area contributed by atoms with Crippen molar-refractivity contribution in [3.05, 3.63) is 34.9 Å². The predicted octanol–water partition coefficient (Wildman–Crippen LogP) is 3.89. The van der Waals surface area contributed by atoms with Gasteiger partial charge in [0.25, 0.3) is 0 Å². The molecule has 1 atom stereocenters. The Morgan fingerprint density at radius 3 is 2.77 bits per heavy atom. The van der Waals surface area contributed by atoms with Gasteiger partial charge in [0.1, 0.15) is 11.3 Å². The number of rotatable bonds is 2. The van der Waals surface area contributed by atoms with Crippen molar-refractivity contribution in [2.45, 2.75) is 32.4 Å². The number of morpholine rings is 1. The zero-order valence-corrected chi connectivity index (χ0v) is 15.7. The number of ether oxygens (including phenoxy) is 2. The molecule has 7 nitrogen and oxygen atoms in total. The zero-order chi connectivity index (χ0) is 18.9. The minimum Gasteiger partial charge on any atom is -0.444 e. The summed E-state index contributed by atoms with van der Waals surface area (Å²) in [5.41, 5.74) is 7.19.